The Morgan fingerprint density at radius 2 is 2.07 bits per heavy atom. The molecule has 0 aliphatic heterocycles. The summed E-state index contributed by atoms with van der Waals surface area (Å²) in [6.07, 6.45) is 2.64. The quantitative estimate of drug-likeness (QED) is 0.834. The van der Waals surface area contributed by atoms with Crippen LogP contribution in [0.3, 0.4) is 0 Å². The van der Waals surface area contributed by atoms with Crippen LogP contribution in [0, 0.1) is 18.8 Å². The Hall–Kier alpha value is -0.410. The van der Waals surface area contributed by atoms with Crippen LogP contribution >= 0.6 is 11.3 Å². The van der Waals surface area contributed by atoms with Gasteiger partial charge in [-0.05, 0) is 32.1 Å². The van der Waals surface area contributed by atoms with E-state index in [1.165, 1.54) is 4.88 Å². The van der Waals surface area contributed by atoms with Crippen molar-refractivity contribution in [1.29, 1.82) is 0 Å². The molecule has 0 bridgehead atoms. The van der Waals surface area contributed by atoms with E-state index in [0.29, 0.717) is 11.8 Å². The molecule has 2 atom stereocenters. The SMILES string of the molecule is Cc1ncc(CC(C(C)C)C(C)O)s1. The van der Waals surface area contributed by atoms with E-state index in [0.717, 1.165) is 11.4 Å². The minimum absolute atomic E-state index is 0.239. The van der Waals surface area contributed by atoms with Crippen LogP contribution < -0.4 is 0 Å². The van der Waals surface area contributed by atoms with E-state index in [1.807, 2.05) is 20.0 Å². The van der Waals surface area contributed by atoms with Crippen molar-refractivity contribution in [2.24, 2.45) is 11.8 Å². The molecule has 2 nitrogen and oxygen atoms in total. The van der Waals surface area contributed by atoms with Crippen molar-refractivity contribution < 1.29 is 5.11 Å². The van der Waals surface area contributed by atoms with E-state index < -0.39 is 0 Å². The second kappa shape index (κ2) is 4.89. The number of aryl methyl sites for hydroxylation is 1. The summed E-state index contributed by atoms with van der Waals surface area (Å²) in [5.41, 5.74) is 0. The summed E-state index contributed by atoms with van der Waals surface area (Å²) in [5, 5.41) is 10.7. The van der Waals surface area contributed by atoms with Crippen molar-refractivity contribution in [2.45, 2.75) is 40.2 Å². The van der Waals surface area contributed by atoms with E-state index in [4.69, 9.17) is 0 Å². The highest BCUT2D eigenvalue weighted by atomic mass is 32.1. The molecule has 3 heteroatoms. The van der Waals surface area contributed by atoms with Crippen molar-refractivity contribution in [3.63, 3.8) is 0 Å². The first-order valence-electron chi connectivity index (χ1n) is 5.10. The Kier molecular flexibility index (Phi) is 4.08. The van der Waals surface area contributed by atoms with Crippen LogP contribution in [0.15, 0.2) is 6.20 Å². The molecule has 0 aliphatic rings. The lowest BCUT2D eigenvalue weighted by Crippen LogP contribution is -2.24. The number of aliphatic hydroxyl groups excluding tert-OH is 1. The van der Waals surface area contributed by atoms with E-state index >= 15 is 0 Å². The molecular weight excluding hydrogens is 194 g/mol. The van der Waals surface area contributed by atoms with E-state index in [9.17, 15) is 5.11 Å². The Bertz CT molecular complexity index is 273. The smallest absolute Gasteiger partial charge is 0.0896 e. The fourth-order valence-corrected chi connectivity index (χ4v) is 2.56. The van der Waals surface area contributed by atoms with Gasteiger partial charge in [-0.2, -0.15) is 0 Å². The third-order valence-corrected chi connectivity index (χ3v) is 3.52. The summed E-state index contributed by atoms with van der Waals surface area (Å²) in [7, 11) is 0. The Morgan fingerprint density at radius 3 is 2.43 bits per heavy atom. The molecule has 0 aromatic carbocycles. The van der Waals surface area contributed by atoms with Gasteiger partial charge in [-0.25, -0.2) is 4.98 Å². The lowest BCUT2D eigenvalue weighted by Gasteiger charge is -2.22. The lowest BCUT2D eigenvalue weighted by molar-refractivity contribution is 0.0982. The molecule has 1 rings (SSSR count). The summed E-state index contributed by atoms with van der Waals surface area (Å²) in [5.74, 6) is 0.854. The molecule has 1 N–H and O–H groups in total. The van der Waals surface area contributed by atoms with Crippen molar-refractivity contribution in [3.05, 3.63) is 16.1 Å². The zero-order valence-electron chi connectivity index (χ0n) is 9.32. The van der Waals surface area contributed by atoms with Gasteiger partial charge in [0.15, 0.2) is 0 Å². The number of hydrogen-bond acceptors (Lipinski definition) is 3. The van der Waals surface area contributed by atoms with Crippen molar-refractivity contribution in [1.82, 2.24) is 4.98 Å². The van der Waals surface area contributed by atoms with E-state index in [-0.39, 0.29) is 6.10 Å². The number of thiazole rings is 1. The minimum atomic E-state index is -0.239. The van der Waals surface area contributed by atoms with Gasteiger partial charge in [-0.15, -0.1) is 11.3 Å². The molecule has 0 saturated heterocycles. The predicted octanol–water partition coefficient (Wildman–Crippen LogP) is 2.65. The normalized spacial score (nSPS) is 15.9. The monoisotopic (exact) mass is 213 g/mol. The minimum Gasteiger partial charge on any atom is -0.393 e. The van der Waals surface area contributed by atoms with Crippen LogP contribution in [0.2, 0.25) is 0 Å². The average Bonchev–Trinajstić information content (AvgIpc) is 2.46. The van der Waals surface area contributed by atoms with Gasteiger partial charge in [-0.3, -0.25) is 0 Å². The maximum absolute atomic E-state index is 9.63. The van der Waals surface area contributed by atoms with Gasteiger partial charge in [0, 0.05) is 11.1 Å². The summed E-state index contributed by atoms with van der Waals surface area (Å²) >= 11 is 1.73. The van der Waals surface area contributed by atoms with Gasteiger partial charge in [0.25, 0.3) is 0 Å². The van der Waals surface area contributed by atoms with Crippen molar-refractivity contribution >= 4 is 11.3 Å². The molecule has 80 valence electrons. The summed E-state index contributed by atoms with van der Waals surface area (Å²) < 4.78 is 0. The largest absolute Gasteiger partial charge is 0.393 e. The fourth-order valence-electron chi connectivity index (χ4n) is 1.70. The molecular formula is C11H19NOS. The molecule has 0 aliphatic carbocycles. The molecule has 0 spiro atoms. The number of rotatable bonds is 4. The predicted molar refractivity (Wildman–Crippen MR) is 60.6 cm³/mol. The van der Waals surface area contributed by atoms with Gasteiger partial charge < -0.3 is 5.11 Å². The lowest BCUT2D eigenvalue weighted by atomic mass is 9.88. The maximum Gasteiger partial charge on any atom is 0.0896 e. The molecule has 1 aromatic heterocycles. The van der Waals surface area contributed by atoms with E-state index in [1.54, 1.807) is 11.3 Å². The summed E-state index contributed by atoms with van der Waals surface area (Å²) in [4.78, 5) is 5.50. The third-order valence-electron chi connectivity index (χ3n) is 2.58. The van der Waals surface area contributed by atoms with Gasteiger partial charge >= 0.3 is 0 Å². The van der Waals surface area contributed by atoms with Crippen molar-refractivity contribution in [2.75, 3.05) is 0 Å². The van der Waals surface area contributed by atoms with Gasteiger partial charge in [0.1, 0.15) is 0 Å². The maximum atomic E-state index is 9.63. The number of nitrogens with zero attached hydrogens (tertiary/aromatic N) is 1. The highest BCUT2D eigenvalue weighted by Gasteiger charge is 2.20. The zero-order chi connectivity index (χ0) is 10.7. The number of aliphatic hydroxyl groups is 1. The molecule has 0 fully saturated rings. The Morgan fingerprint density at radius 1 is 1.43 bits per heavy atom. The van der Waals surface area contributed by atoms with Crippen LogP contribution in [0.5, 0.6) is 0 Å². The molecule has 1 heterocycles. The van der Waals surface area contributed by atoms with Crippen LogP contribution in [-0.2, 0) is 6.42 Å². The van der Waals surface area contributed by atoms with Crippen LogP contribution in [0.25, 0.3) is 0 Å². The molecule has 0 saturated carbocycles. The van der Waals surface area contributed by atoms with Gasteiger partial charge in [0.2, 0.25) is 0 Å². The van der Waals surface area contributed by atoms with E-state index in [2.05, 4.69) is 18.8 Å². The Labute approximate surface area is 90.0 Å². The second-order valence-corrected chi connectivity index (χ2v) is 5.52. The van der Waals surface area contributed by atoms with Crippen LogP contribution in [-0.4, -0.2) is 16.2 Å². The Balaban J connectivity index is 2.64. The zero-order valence-corrected chi connectivity index (χ0v) is 10.1. The number of aromatic nitrogens is 1. The highest BCUT2D eigenvalue weighted by Crippen LogP contribution is 2.23. The molecule has 14 heavy (non-hydrogen) atoms. The topological polar surface area (TPSA) is 33.1 Å². The summed E-state index contributed by atoms with van der Waals surface area (Å²) in [6, 6.07) is 0. The second-order valence-electron chi connectivity index (χ2n) is 4.20. The van der Waals surface area contributed by atoms with Gasteiger partial charge in [-0.1, -0.05) is 13.8 Å². The molecule has 2 unspecified atom stereocenters. The van der Waals surface area contributed by atoms with Gasteiger partial charge in [0.05, 0.1) is 11.1 Å². The molecule has 0 radical (unpaired) electrons. The summed E-state index contributed by atoms with van der Waals surface area (Å²) in [6.45, 7) is 8.20. The highest BCUT2D eigenvalue weighted by molar-refractivity contribution is 7.11. The molecule has 1 aromatic rings. The first kappa shape index (κ1) is 11.7. The first-order chi connectivity index (χ1) is 6.50. The molecule has 0 amide bonds. The standard InChI is InChI=1S/C11H19NOS/c1-7(2)11(8(3)13)5-10-6-12-9(4)14-10/h6-8,11,13H,5H2,1-4H3. The van der Waals surface area contributed by atoms with Crippen LogP contribution in [0.1, 0.15) is 30.7 Å². The van der Waals surface area contributed by atoms with Crippen molar-refractivity contribution in [3.8, 4) is 0 Å². The van der Waals surface area contributed by atoms with Crippen LogP contribution in [0.4, 0.5) is 0 Å². The fraction of sp³-hybridized carbons (Fsp3) is 0.727. The third kappa shape index (κ3) is 3.07. The average molecular weight is 213 g/mol. The first-order valence-corrected chi connectivity index (χ1v) is 5.91. The number of hydrogen-bond donors (Lipinski definition) is 1.